The van der Waals surface area contributed by atoms with Gasteiger partial charge in [-0.3, -0.25) is 0 Å². The predicted molar refractivity (Wildman–Crippen MR) is 80.5 cm³/mol. The summed E-state index contributed by atoms with van der Waals surface area (Å²) >= 11 is 0. The summed E-state index contributed by atoms with van der Waals surface area (Å²) in [6, 6.07) is 4.00. The summed E-state index contributed by atoms with van der Waals surface area (Å²) in [4.78, 5) is 4.42. The summed E-state index contributed by atoms with van der Waals surface area (Å²) in [5.74, 6) is 1.53. The van der Waals surface area contributed by atoms with Crippen LogP contribution in [0.1, 0.15) is 58.6 Å². The van der Waals surface area contributed by atoms with Crippen LogP contribution in [0.4, 0.5) is 0 Å². The molecule has 2 aliphatic carbocycles. The quantitative estimate of drug-likeness (QED) is 0.914. The van der Waals surface area contributed by atoms with Gasteiger partial charge in [-0.15, -0.1) is 0 Å². The Morgan fingerprint density at radius 2 is 2.10 bits per heavy atom. The monoisotopic (exact) mass is 274 g/mol. The van der Waals surface area contributed by atoms with E-state index in [9.17, 15) is 0 Å². The van der Waals surface area contributed by atoms with Crippen LogP contribution in [0.5, 0.6) is 5.88 Å². The van der Waals surface area contributed by atoms with Crippen molar-refractivity contribution in [1.82, 2.24) is 4.98 Å². The lowest BCUT2D eigenvalue weighted by molar-refractivity contribution is 0.0273. The fraction of sp³-hybridized carbons (Fsp3) is 0.706. The molecule has 20 heavy (non-hydrogen) atoms. The van der Waals surface area contributed by atoms with Crippen molar-refractivity contribution in [3.8, 4) is 5.88 Å². The Bertz CT molecular complexity index is 494. The highest BCUT2D eigenvalue weighted by atomic mass is 16.5. The molecule has 3 rings (SSSR count). The molecule has 2 saturated carbocycles. The molecule has 0 aromatic carbocycles. The Morgan fingerprint density at radius 3 is 2.55 bits per heavy atom. The zero-order valence-corrected chi connectivity index (χ0v) is 13.0. The topological polar surface area (TPSA) is 48.1 Å². The molecule has 1 aromatic heterocycles. The maximum absolute atomic E-state index is 6.23. The zero-order chi connectivity index (χ0) is 14.5. The first-order valence-electron chi connectivity index (χ1n) is 7.73. The average Bonchev–Trinajstić information content (AvgIpc) is 2.72. The van der Waals surface area contributed by atoms with Crippen molar-refractivity contribution in [2.75, 3.05) is 0 Å². The number of hydrogen-bond acceptors (Lipinski definition) is 3. The minimum atomic E-state index is 0.0236. The largest absolute Gasteiger partial charge is 0.474 e. The smallest absolute Gasteiger partial charge is 0.213 e. The molecule has 4 atom stereocenters. The third-order valence-electron chi connectivity index (χ3n) is 6.26. The number of nitrogens with zero attached hydrogens (tertiary/aromatic N) is 1. The van der Waals surface area contributed by atoms with E-state index in [1.165, 1.54) is 19.3 Å². The molecule has 0 radical (unpaired) electrons. The molecule has 2 fully saturated rings. The fourth-order valence-corrected chi connectivity index (χ4v) is 4.19. The van der Waals surface area contributed by atoms with E-state index in [0.29, 0.717) is 11.5 Å². The van der Waals surface area contributed by atoms with Crippen LogP contribution in [0.15, 0.2) is 18.3 Å². The van der Waals surface area contributed by atoms with Crippen LogP contribution in [-0.4, -0.2) is 11.1 Å². The molecular formula is C17H26N2O. The third-order valence-corrected chi connectivity index (χ3v) is 6.26. The van der Waals surface area contributed by atoms with Gasteiger partial charge in [0.15, 0.2) is 0 Å². The molecule has 0 aliphatic heterocycles. The van der Waals surface area contributed by atoms with Crippen molar-refractivity contribution in [3.05, 3.63) is 23.9 Å². The second-order valence-corrected chi connectivity index (χ2v) is 7.44. The van der Waals surface area contributed by atoms with Gasteiger partial charge in [-0.25, -0.2) is 4.98 Å². The first-order chi connectivity index (χ1) is 9.34. The van der Waals surface area contributed by atoms with E-state index >= 15 is 0 Å². The molecule has 0 amide bonds. The molecule has 2 bridgehead atoms. The number of rotatable bonds is 3. The highest BCUT2D eigenvalue weighted by Gasteiger charge is 2.62. The Morgan fingerprint density at radius 1 is 1.35 bits per heavy atom. The molecule has 2 N–H and O–H groups in total. The van der Waals surface area contributed by atoms with E-state index in [1.54, 1.807) is 0 Å². The van der Waals surface area contributed by atoms with E-state index in [4.69, 9.17) is 10.5 Å². The Hall–Kier alpha value is -1.09. The number of hydrogen-bond donors (Lipinski definition) is 1. The Labute approximate surface area is 121 Å². The van der Waals surface area contributed by atoms with Crippen LogP contribution in [0.25, 0.3) is 0 Å². The summed E-state index contributed by atoms with van der Waals surface area (Å²) in [6.45, 7) is 9.17. The first-order valence-corrected chi connectivity index (χ1v) is 7.73. The molecule has 3 nitrogen and oxygen atoms in total. The molecule has 110 valence electrons. The number of fused-ring (bicyclic) bond motifs is 2. The van der Waals surface area contributed by atoms with Crippen LogP contribution in [0.3, 0.4) is 0 Å². The SMILES string of the molecule is C[C@H](N)c1ccc(OC2CC3CCC2(C)C3(C)C)nc1. The normalized spacial score (nSPS) is 36.0. The number of nitrogens with two attached hydrogens (primary N) is 1. The van der Waals surface area contributed by atoms with Crippen molar-refractivity contribution in [3.63, 3.8) is 0 Å². The molecular weight excluding hydrogens is 248 g/mol. The van der Waals surface area contributed by atoms with E-state index in [0.717, 1.165) is 17.4 Å². The lowest BCUT2D eigenvalue weighted by Gasteiger charge is -2.38. The highest BCUT2D eigenvalue weighted by molar-refractivity contribution is 5.21. The van der Waals surface area contributed by atoms with E-state index in [-0.39, 0.29) is 11.5 Å². The summed E-state index contributed by atoms with van der Waals surface area (Å²) in [6.07, 6.45) is 5.92. The van der Waals surface area contributed by atoms with Crippen LogP contribution in [0, 0.1) is 16.7 Å². The van der Waals surface area contributed by atoms with Crippen molar-refractivity contribution in [2.24, 2.45) is 22.5 Å². The first kappa shape index (κ1) is 13.9. The van der Waals surface area contributed by atoms with Crippen molar-refractivity contribution in [2.45, 2.75) is 59.1 Å². The fourth-order valence-electron chi connectivity index (χ4n) is 4.19. The molecule has 1 aromatic rings. The molecule has 3 unspecified atom stereocenters. The van der Waals surface area contributed by atoms with Crippen molar-refractivity contribution in [1.29, 1.82) is 0 Å². The van der Waals surface area contributed by atoms with Gasteiger partial charge in [0.2, 0.25) is 5.88 Å². The van der Waals surface area contributed by atoms with Gasteiger partial charge < -0.3 is 10.5 Å². The average molecular weight is 274 g/mol. The summed E-state index contributed by atoms with van der Waals surface area (Å²) < 4.78 is 6.23. The molecule has 2 aliphatic rings. The van der Waals surface area contributed by atoms with Crippen molar-refractivity contribution < 1.29 is 4.74 Å². The van der Waals surface area contributed by atoms with Gasteiger partial charge in [-0.1, -0.05) is 26.8 Å². The van der Waals surface area contributed by atoms with E-state index < -0.39 is 0 Å². The second-order valence-electron chi connectivity index (χ2n) is 7.44. The Balaban J connectivity index is 1.76. The highest BCUT2D eigenvalue weighted by Crippen LogP contribution is 2.66. The molecule has 0 spiro atoms. The van der Waals surface area contributed by atoms with Crippen LogP contribution in [0.2, 0.25) is 0 Å². The number of pyridine rings is 1. The maximum Gasteiger partial charge on any atom is 0.213 e. The summed E-state index contributed by atoms with van der Waals surface area (Å²) in [5, 5.41) is 0. The van der Waals surface area contributed by atoms with Gasteiger partial charge in [0.25, 0.3) is 0 Å². The van der Waals surface area contributed by atoms with E-state index in [2.05, 4.69) is 25.8 Å². The maximum atomic E-state index is 6.23. The lowest BCUT2D eigenvalue weighted by Crippen LogP contribution is -2.39. The summed E-state index contributed by atoms with van der Waals surface area (Å²) in [5.41, 5.74) is 7.56. The van der Waals surface area contributed by atoms with Crippen LogP contribution < -0.4 is 10.5 Å². The molecule has 1 heterocycles. The minimum absolute atomic E-state index is 0.0236. The van der Waals surface area contributed by atoms with Crippen LogP contribution >= 0.6 is 0 Å². The minimum Gasteiger partial charge on any atom is -0.474 e. The molecule has 3 heteroatoms. The summed E-state index contributed by atoms with van der Waals surface area (Å²) in [7, 11) is 0. The van der Waals surface area contributed by atoms with Crippen LogP contribution in [-0.2, 0) is 0 Å². The van der Waals surface area contributed by atoms with E-state index in [1.807, 2.05) is 25.3 Å². The number of aromatic nitrogens is 1. The van der Waals surface area contributed by atoms with Gasteiger partial charge in [0.1, 0.15) is 6.10 Å². The Kier molecular flexibility index (Phi) is 3.09. The lowest BCUT2D eigenvalue weighted by atomic mass is 9.70. The van der Waals surface area contributed by atoms with Gasteiger partial charge in [0.05, 0.1) is 0 Å². The zero-order valence-electron chi connectivity index (χ0n) is 13.0. The second kappa shape index (κ2) is 4.45. The van der Waals surface area contributed by atoms with Crippen molar-refractivity contribution >= 4 is 0 Å². The number of ether oxygens (including phenoxy) is 1. The van der Waals surface area contributed by atoms with Gasteiger partial charge in [-0.05, 0) is 43.1 Å². The third kappa shape index (κ3) is 1.86. The van der Waals surface area contributed by atoms with Gasteiger partial charge >= 0.3 is 0 Å². The van der Waals surface area contributed by atoms with Gasteiger partial charge in [-0.2, -0.15) is 0 Å². The van der Waals surface area contributed by atoms with Gasteiger partial charge in [0, 0.05) is 23.7 Å². The predicted octanol–water partition coefficient (Wildman–Crippen LogP) is 3.69. The molecule has 0 saturated heterocycles. The standard InChI is InChI=1S/C17H26N2O/c1-11(18)12-5-6-15(19-10-12)20-14-9-13-7-8-17(14,4)16(13,2)3/h5-6,10-11,13-14H,7-9,18H2,1-4H3/t11-,13?,14?,17?/m0/s1.